The van der Waals surface area contributed by atoms with Gasteiger partial charge in [-0.05, 0) is 76.2 Å². The molecule has 0 radical (unpaired) electrons. The Balaban J connectivity index is 1.55. The van der Waals surface area contributed by atoms with E-state index in [4.69, 9.17) is 5.41 Å². The summed E-state index contributed by atoms with van der Waals surface area (Å²) >= 11 is 0. The van der Waals surface area contributed by atoms with E-state index in [-0.39, 0.29) is 0 Å². The fraction of sp³-hybridized carbons (Fsp3) is 0.0513. The van der Waals surface area contributed by atoms with E-state index in [0.29, 0.717) is 5.71 Å². The summed E-state index contributed by atoms with van der Waals surface area (Å²) in [5.41, 5.74) is 12.2. The highest BCUT2D eigenvalue weighted by Gasteiger charge is 2.46. The number of nitrogens with zero attached hydrogens (tertiary/aromatic N) is 1. The van der Waals surface area contributed by atoms with Crippen molar-refractivity contribution in [2.24, 2.45) is 0 Å². The number of para-hydroxylation sites is 1. The third-order valence-corrected chi connectivity index (χ3v) is 8.79. The first-order valence-electron chi connectivity index (χ1n) is 14.1. The second-order valence-electron chi connectivity index (χ2n) is 11.0. The molecule has 2 heteroatoms. The summed E-state index contributed by atoms with van der Waals surface area (Å²) in [5, 5.41) is 10.8. The zero-order valence-corrected chi connectivity index (χ0v) is 22.8. The maximum atomic E-state index is 8.29. The Bertz CT molecular complexity index is 2080. The van der Waals surface area contributed by atoms with Crippen molar-refractivity contribution in [3.8, 4) is 16.8 Å². The highest BCUT2D eigenvalue weighted by molar-refractivity contribution is 6.12. The third kappa shape index (κ3) is 3.28. The molecular formula is C39H28N2. The maximum Gasteiger partial charge on any atom is 0.0714 e. The van der Waals surface area contributed by atoms with Gasteiger partial charge in [-0.15, -0.1) is 0 Å². The fourth-order valence-corrected chi connectivity index (χ4v) is 7.06. The lowest BCUT2D eigenvalue weighted by Crippen LogP contribution is -2.28. The molecule has 1 N–H and O–H groups in total. The van der Waals surface area contributed by atoms with Gasteiger partial charge in [0.1, 0.15) is 0 Å². The van der Waals surface area contributed by atoms with Gasteiger partial charge in [-0.2, -0.15) is 0 Å². The summed E-state index contributed by atoms with van der Waals surface area (Å²) in [6.45, 7) is 1.85. The van der Waals surface area contributed by atoms with Gasteiger partial charge in [0.15, 0.2) is 0 Å². The van der Waals surface area contributed by atoms with Crippen LogP contribution in [0.4, 0.5) is 0 Å². The van der Waals surface area contributed by atoms with Gasteiger partial charge in [-0.3, -0.25) is 0 Å². The van der Waals surface area contributed by atoms with Gasteiger partial charge in [-0.25, -0.2) is 0 Å². The molecular weight excluding hydrogens is 496 g/mol. The molecule has 0 amide bonds. The van der Waals surface area contributed by atoms with Crippen LogP contribution in [0.5, 0.6) is 0 Å². The van der Waals surface area contributed by atoms with E-state index in [0.717, 1.165) is 11.3 Å². The molecule has 6 aromatic carbocycles. The van der Waals surface area contributed by atoms with Crippen molar-refractivity contribution < 1.29 is 0 Å². The summed E-state index contributed by atoms with van der Waals surface area (Å²) in [4.78, 5) is 0. The molecule has 0 aliphatic heterocycles. The van der Waals surface area contributed by atoms with Gasteiger partial charge in [0.05, 0.1) is 16.4 Å². The van der Waals surface area contributed by atoms with Crippen LogP contribution in [0, 0.1) is 5.41 Å². The van der Waals surface area contributed by atoms with E-state index in [2.05, 4.69) is 144 Å². The van der Waals surface area contributed by atoms with Crippen LogP contribution in [0.1, 0.15) is 34.7 Å². The zero-order chi connectivity index (χ0) is 27.6. The molecule has 0 bridgehead atoms. The lowest BCUT2D eigenvalue weighted by atomic mass is 9.67. The van der Waals surface area contributed by atoms with Crippen molar-refractivity contribution in [2.45, 2.75) is 12.3 Å². The molecule has 0 fully saturated rings. The molecule has 0 saturated carbocycles. The normalized spacial score (nSPS) is 13.3. The number of hydrogen-bond donors (Lipinski definition) is 1. The number of hydrogen-bond acceptors (Lipinski definition) is 1. The number of benzene rings is 6. The number of fused-ring (bicyclic) bond motifs is 6. The fourth-order valence-electron chi connectivity index (χ4n) is 7.06. The summed E-state index contributed by atoms with van der Waals surface area (Å²) in [6.07, 6.45) is 0. The Morgan fingerprint density at radius 2 is 1.20 bits per heavy atom. The Labute approximate surface area is 239 Å². The van der Waals surface area contributed by atoms with Crippen LogP contribution in [0.25, 0.3) is 38.6 Å². The molecule has 1 aliphatic carbocycles. The number of aromatic nitrogens is 1. The highest BCUT2D eigenvalue weighted by Crippen LogP contribution is 2.57. The van der Waals surface area contributed by atoms with Crippen molar-refractivity contribution in [2.75, 3.05) is 0 Å². The van der Waals surface area contributed by atoms with Crippen LogP contribution in [0.3, 0.4) is 0 Å². The molecule has 41 heavy (non-hydrogen) atoms. The van der Waals surface area contributed by atoms with E-state index in [1.807, 2.05) is 13.0 Å². The summed E-state index contributed by atoms with van der Waals surface area (Å²) in [7, 11) is 0. The minimum Gasteiger partial charge on any atom is -0.309 e. The molecule has 0 atom stereocenters. The van der Waals surface area contributed by atoms with E-state index >= 15 is 0 Å². The predicted molar refractivity (Wildman–Crippen MR) is 171 cm³/mol. The van der Waals surface area contributed by atoms with Gasteiger partial charge in [-0.1, -0.05) is 115 Å². The van der Waals surface area contributed by atoms with Gasteiger partial charge < -0.3 is 9.98 Å². The third-order valence-electron chi connectivity index (χ3n) is 8.79. The molecule has 2 nitrogen and oxygen atoms in total. The lowest BCUT2D eigenvalue weighted by Gasteiger charge is -2.34. The molecule has 8 rings (SSSR count). The van der Waals surface area contributed by atoms with Gasteiger partial charge >= 0.3 is 0 Å². The van der Waals surface area contributed by atoms with Crippen molar-refractivity contribution in [1.82, 2.24) is 4.57 Å². The molecule has 7 aromatic rings. The smallest absolute Gasteiger partial charge is 0.0714 e. The summed E-state index contributed by atoms with van der Waals surface area (Å²) < 4.78 is 2.38. The first-order valence-corrected chi connectivity index (χ1v) is 14.1. The molecule has 1 heterocycles. The van der Waals surface area contributed by atoms with Crippen LogP contribution in [-0.2, 0) is 5.41 Å². The quantitative estimate of drug-likeness (QED) is 0.222. The Hall–Kier alpha value is -5.21. The average molecular weight is 525 g/mol. The van der Waals surface area contributed by atoms with Crippen LogP contribution in [0.2, 0.25) is 0 Å². The second kappa shape index (κ2) is 8.90. The Morgan fingerprint density at radius 3 is 1.93 bits per heavy atom. The average Bonchev–Trinajstić information content (AvgIpc) is 3.51. The SMILES string of the molecule is CC(=N)c1cccc(-n2c3ccccc3c3cc4c(cc32)C(c2ccccc2)(c2ccccc2)c2ccccc2-4)c1. The van der Waals surface area contributed by atoms with Gasteiger partial charge in [0, 0.05) is 22.2 Å². The van der Waals surface area contributed by atoms with E-state index in [1.165, 1.54) is 55.2 Å². The topological polar surface area (TPSA) is 28.8 Å². The Morgan fingerprint density at radius 1 is 0.537 bits per heavy atom. The Kier molecular flexibility index (Phi) is 5.14. The molecule has 194 valence electrons. The minimum atomic E-state index is -0.447. The van der Waals surface area contributed by atoms with Crippen LogP contribution < -0.4 is 0 Å². The summed E-state index contributed by atoms with van der Waals surface area (Å²) in [6, 6.07) is 52.7. The maximum absolute atomic E-state index is 8.29. The molecule has 0 spiro atoms. The van der Waals surface area contributed by atoms with E-state index in [1.54, 1.807) is 0 Å². The van der Waals surface area contributed by atoms with Crippen molar-refractivity contribution in [3.05, 3.63) is 173 Å². The molecule has 0 saturated heterocycles. The highest BCUT2D eigenvalue weighted by atomic mass is 15.0. The van der Waals surface area contributed by atoms with Crippen LogP contribution >= 0.6 is 0 Å². The first kappa shape index (κ1) is 23.7. The van der Waals surface area contributed by atoms with Crippen LogP contribution in [0.15, 0.2) is 146 Å². The number of rotatable bonds is 4. The van der Waals surface area contributed by atoms with Crippen molar-refractivity contribution in [3.63, 3.8) is 0 Å². The lowest BCUT2D eigenvalue weighted by molar-refractivity contribution is 0.769. The first-order chi connectivity index (χ1) is 20.2. The van der Waals surface area contributed by atoms with E-state index < -0.39 is 5.41 Å². The van der Waals surface area contributed by atoms with Crippen molar-refractivity contribution in [1.29, 1.82) is 5.41 Å². The van der Waals surface area contributed by atoms with Gasteiger partial charge in [0.25, 0.3) is 0 Å². The zero-order valence-electron chi connectivity index (χ0n) is 22.8. The predicted octanol–water partition coefficient (Wildman–Crippen LogP) is 9.53. The monoisotopic (exact) mass is 524 g/mol. The summed E-state index contributed by atoms with van der Waals surface area (Å²) in [5.74, 6) is 0. The number of nitrogens with one attached hydrogen (secondary N) is 1. The van der Waals surface area contributed by atoms with Crippen LogP contribution in [-0.4, -0.2) is 10.3 Å². The van der Waals surface area contributed by atoms with Gasteiger partial charge in [0.2, 0.25) is 0 Å². The second-order valence-corrected chi connectivity index (χ2v) is 11.0. The molecule has 0 unspecified atom stereocenters. The minimum absolute atomic E-state index is 0.447. The molecule has 1 aromatic heterocycles. The van der Waals surface area contributed by atoms with Crippen molar-refractivity contribution >= 4 is 27.5 Å². The largest absolute Gasteiger partial charge is 0.309 e. The van der Waals surface area contributed by atoms with E-state index in [9.17, 15) is 0 Å². The molecule has 1 aliphatic rings. The standard InChI is InChI=1S/C39H28N2/c1-26(40)27-13-12-18-30(23-27)41-37-22-11-9-20-32(37)34-24-33-31-19-8-10-21-35(31)39(36(33)25-38(34)41,28-14-4-2-5-15-28)29-16-6-3-7-17-29/h2-25,40H,1H3.